The first-order valence-corrected chi connectivity index (χ1v) is 8.21. The first-order valence-electron chi connectivity index (χ1n) is 8.21. The van der Waals surface area contributed by atoms with E-state index in [1.54, 1.807) is 24.3 Å². The number of rotatable bonds is 6. The van der Waals surface area contributed by atoms with Crippen molar-refractivity contribution in [2.45, 2.75) is 0 Å². The van der Waals surface area contributed by atoms with Crippen LogP contribution in [0.15, 0.2) is 54.7 Å². The molecule has 0 aliphatic heterocycles. The van der Waals surface area contributed by atoms with Crippen molar-refractivity contribution >= 4 is 23.0 Å². The Morgan fingerprint density at radius 3 is 2.32 bits per heavy atom. The summed E-state index contributed by atoms with van der Waals surface area (Å²) in [6.07, 6.45) is 1.38. The van der Waals surface area contributed by atoms with Crippen molar-refractivity contribution in [2.75, 3.05) is 24.9 Å². The number of amides is 1. The Bertz CT molecular complexity index is 994. The third-order valence-corrected chi connectivity index (χ3v) is 3.85. The van der Waals surface area contributed by atoms with Crippen molar-refractivity contribution in [1.82, 2.24) is 4.98 Å². The fourth-order valence-corrected chi connectivity index (χ4v) is 2.46. The predicted molar refractivity (Wildman–Crippen MR) is 101 cm³/mol. The Morgan fingerprint density at radius 2 is 1.68 bits per heavy atom. The van der Waals surface area contributed by atoms with Crippen LogP contribution in [0.3, 0.4) is 0 Å². The summed E-state index contributed by atoms with van der Waals surface area (Å²) in [5, 5.41) is 5.49. The Morgan fingerprint density at radius 1 is 0.929 bits per heavy atom. The SMILES string of the molecule is COc1ccc(NC(=O)c2ccc(Nc3ccc(F)cc3F)cn2)cc1OC. The van der Waals surface area contributed by atoms with Gasteiger partial charge in [0, 0.05) is 17.8 Å². The lowest BCUT2D eigenvalue weighted by atomic mass is 10.2. The normalized spacial score (nSPS) is 10.3. The maximum Gasteiger partial charge on any atom is 0.274 e. The second-order valence-corrected chi connectivity index (χ2v) is 5.71. The zero-order valence-corrected chi connectivity index (χ0v) is 15.1. The molecule has 1 amide bonds. The number of methoxy groups -OCH3 is 2. The molecule has 0 aliphatic carbocycles. The standard InChI is InChI=1S/C20H17F2N3O3/c1-27-18-8-5-13(10-19(18)28-2)25-20(26)17-7-4-14(11-23-17)24-16-6-3-12(21)9-15(16)22/h3-11,24H,1-2H3,(H,25,26). The third kappa shape index (κ3) is 4.35. The van der Waals surface area contributed by atoms with Crippen LogP contribution in [0.4, 0.5) is 25.8 Å². The van der Waals surface area contributed by atoms with Crippen molar-refractivity contribution < 1.29 is 23.0 Å². The van der Waals surface area contributed by atoms with Gasteiger partial charge in [0.1, 0.15) is 17.3 Å². The van der Waals surface area contributed by atoms with Gasteiger partial charge in [-0.1, -0.05) is 0 Å². The van der Waals surface area contributed by atoms with Gasteiger partial charge in [-0.05, 0) is 36.4 Å². The average molecular weight is 385 g/mol. The fourth-order valence-electron chi connectivity index (χ4n) is 2.46. The second kappa shape index (κ2) is 8.34. The molecule has 144 valence electrons. The van der Waals surface area contributed by atoms with Crippen LogP contribution < -0.4 is 20.1 Å². The lowest BCUT2D eigenvalue weighted by Gasteiger charge is -2.11. The summed E-state index contributed by atoms with van der Waals surface area (Å²) in [4.78, 5) is 16.4. The largest absolute Gasteiger partial charge is 0.493 e. The quantitative estimate of drug-likeness (QED) is 0.659. The number of pyridine rings is 1. The van der Waals surface area contributed by atoms with Crippen LogP contribution in [0, 0.1) is 11.6 Å². The van der Waals surface area contributed by atoms with E-state index in [0.717, 1.165) is 12.1 Å². The summed E-state index contributed by atoms with van der Waals surface area (Å²) in [6.45, 7) is 0. The molecule has 0 atom stereocenters. The Labute approximate surface area is 160 Å². The van der Waals surface area contributed by atoms with E-state index in [4.69, 9.17) is 9.47 Å². The molecule has 0 unspecified atom stereocenters. The lowest BCUT2D eigenvalue weighted by Crippen LogP contribution is -2.13. The summed E-state index contributed by atoms with van der Waals surface area (Å²) in [5.41, 5.74) is 1.24. The first kappa shape index (κ1) is 19.1. The van der Waals surface area contributed by atoms with Crippen molar-refractivity contribution in [3.63, 3.8) is 0 Å². The van der Waals surface area contributed by atoms with Crippen LogP contribution in [-0.2, 0) is 0 Å². The molecule has 0 spiro atoms. The van der Waals surface area contributed by atoms with Crippen LogP contribution in [-0.4, -0.2) is 25.1 Å². The third-order valence-electron chi connectivity index (χ3n) is 3.85. The van der Waals surface area contributed by atoms with E-state index >= 15 is 0 Å². The number of nitrogens with one attached hydrogen (secondary N) is 2. The molecule has 3 aromatic rings. The molecule has 28 heavy (non-hydrogen) atoms. The van der Waals surface area contributed by atoms with Crippen LogP contribution in [0.1, 0.15) is 10.5 Å². The van der Waals surface area contributed by atoms with Crippen LogP contribution in [0.5, 0.6) is 11.5 Å². The summed E-state index contributed by atoms with van der Waals surface area (Å²) in [7, 11) is 3.02. The van der Waals surface area contributed by atoms with Gasteiger partial charge >= 0.3 is 0 Å². The number of aromatic nitrogens is 1. The van der Waals surface area contributed by atoms with Gasteiger partial charge in [0.15, 0.2) is 11.5 Å². The molecule has 6 nitrogen and oxygen atoms in total. The van der Waals surface area contributed by atoms with Gasteiger partial charge in [-0.25, -0.2) is 13.8 Å². The zero-order chi connectivity index (χ0) is 20.1. The van der Waals surface area contributed by atoms with E-state index in [2.05, 4.69) is 15.6 Å². The summed E-state index contributed by atoms with van der Waals surface area (Å²) >= 11 is 0. The van der Waals surface area contributed by atoms with Gasteiger partial charge in [0.2, 0.25) is 0 Å². The highest BCUT2D eigenvalue weighted by molar-refractivity contribution is 6.03. The number of carbonyl (C=O) groups is 1. The molecular weight excluding hydrogens is 368 g/mol. The number of carbonyl (C=O) groups excluding carboxylic acids is 1. The number of halogens is 2. The summed E-state index contributed by atoms with van der Waals surface area (Å²) in [6, 6.07) is 11.2. The average Bonchev–Trinajstić information content (AvgIpc) is 2.70. The lowest BCUT2D eigenvalue weighted by molar-refractivity contribution is 0.102. The Hall–Kier alpha value is -3.68. The van der Waals surface area contributed by atoms with Crippen molar-refractivity contribution in [1.29, 1.82) is 0 Å². The van der Waals surface area contributed by atoms with Crippen LogP contribution in [0.25, 0.3) is 0 Å². The molecule has 0 aliphatic rings. The molecule has 1 aromatic heterocycles. The number of anilines is 3. The summed E-state index contributed by atoms with van der Waals surface area (Å²) in [5.74, 6) is -0.790. The maximum absolute atomic E-state index is 13.7. The Kier molecular flexibility index (Phi) is 5.69. The number of hydrogen-bond donors (Lipinski definition) is 2. The first-order chi connectivity index (χ1) is 13.5. The van der Waals surface area contributed by atoms with E-state index in [1.807, 2.05) is 0 Å². The number of ether oxygens (including phenoxy) is 2. The van der Waals surface area contributed by atoms with Gasteiger partial charge < -0.3 is 20.1 Å². The minimum atomic E-state index is -0.727. The molecule has 2 aromatic carbocycles. The second-order valence-electron chi connectivity index (χ2n) is 5.71. The van der Waals surface area contributed by atoms with Gasteiger partial charge in [0.25, 0.3) is 5.91 Å². The highest BCUT2D eigenvalue weighted by Gasteiger charge is 2.11. The van der Waals surface area contributed by atoms with E-state index in [0.29, 0.717) is 22.9 Å². The smallest absolute Gasteiger partial charge is 0.274 e. The maximum atomic E-state index is 13.7. The Balaban J connectivity index is 1.70. The minimum Gasteiger partial charge on any atom is -0.493 e. The topological polar surface area (TPSA) is 72.5 Å². The van der Waals surface area contributed by atoms with E-state index in [1.165, 1.54) is 32.5 Å². The molecule has 0 radical (unpaired) electrons. The van der Waals surface area contributed by atoms with E-state index in [9.17, 15) is 13.6 Å². The predicted octanol–water partition coefficient (Wildman–Crippen LogP) is 4.37. The highest BCUT2D eigenvalue weighted by Crippen LogP contribution is 2.30. The van der Waals surface area contributed by atoms with Gasteiger partial charge in [-0.15, -0.1) is 0 Å². The molecule has 0 saturated carbocycles. The van der Waals surface area contributed by atoms with Gasteiger partial charge in [0.05, 0.1) is 31.8 Å². The fraction of sp³-hybridized carbons (Fsp3) is 0.100. The number of benzene rings is 2. The van der Waals surface area contributed by atoms with Gasteiger partial charge in [-0.2, -0.15) is 0 Å². The van der Waals surface area contributed by atoms with Crippen LogP contribution >= 0.6 is 0 Å². The molecule has 0 bridgehead atoms. The molecular formula is C20H17F2N3O3. The minimum absolute atomic E-state index is 0.103. The molecule has 8 heteroatoms. The zero-order valence-electron chi connectivity index (χ0n) is 15.1. The molecule has 0 saturated heterocycles. The number of nitrogens with zero attached hydrogens (tertiary/aromatic N) is 1. The van der Waals surface area contributed by atoms with E-state index < -0.39 is 17.5 Å². The molecule has 1 heterocycles. The van der Waals surface area contributed by atoms with E-state index in [-0.39, 0.29) is 11.4 Å². The van der Waals surface area contributed by atoms with Crippen molar-refractivity contribution in [2.24, 2.45) is 0 Å². The van der Waals surface area contributed by atoms with Crippen molar-refractivity contribution in [3.8, 4) is 11.5 Å². The molecule has 0 fully saturated rings. The number of hydrogen-bond acceptors (Lipinski definition) is 5. The monoisotopic (exact) mass is 385 g/mol. The highest BCUT2D eigenvalue weighted by atomic mass is 19.1. The van der Waals surface area contributed by atoms with Crippen LogP contribution in [0.2, 0.25) is 0 Å². The summed E-state index contributed by atoms with van der Waals surface area (Å²) < 4.78 is 37.0. The molecule has 2 N–H and O–H groups in total. The molecule has 3 rings (SSSR count). The van der Waals surface area contributed by atoms with Gasteiger partial charge in [-0.3, -0.25) is 4.79 Å². The van der Waals surface area contributed by atoms with Crippen molar-refractivity contribution in [3.05, 3.63) is 72.1 Å².